The number of carbonyl (C=O) groups excluding carboxylic acids is 1. The molecule has 1 aliphatic heterocycles. The van der Waals surface area contributed by atoms with Crippen molar-refractivity contribution in [3.8, 4) is 11.5 Å². The molecular formula is C25H29N3O4S2. The molecule has 0 unspecified atom stereocenters. The van der Waals surface area contributed by atoms with E-state index in [-0.39, 0.29) is 27.5 Å². The van der Waals surface area contributed by atoms with E-state index in [1.54, 1.807) is 24.3 Å². The van der Waals surface area contributed by atoms with Crippen LogP contribution in [0.2, 0.25) is 0 Å². The van der Waals surface area contributed by atoms with Gasteiger partial charge in [-0.2, -0.15) is 4.31 Å². The maximum absolute atomic E-state index is 13.0. The minimum Gasteiger partial charge on any atom is -0.411 e. The normalized spacial score (nSPS) is 14.9. The lowest BCUT2D eigenvalue weighted by atomic mass is 9.93. The molecule has 9 heteroatoms. The zero-order chi connectivity index (χ0) is 24.5. The summed E-state index contributed by atoms with van der Waals surface area (Å²) < 4.78 is 33.3. The van der Waals surface area contributed by atoms with E-state index < -0.39 is 10.0 Å². The Kier molecular flexibility index (Phi) is 7.25. The lowest BCUT2D eigenvalue weighted by Crippen LogP contribution is -2.35. The molecule has 3 aromatic rings. The highest BCUT2D eigenvalue weighted by Gasteiger charge is 2.26. The lowest BCUT2D eigenvalue weighted by Gasteiger charge is -2.25. The van der Waals surface area contributed by atoms with Crippen molar-refractivity contribution in [2.45, 2.75) is 57.1 Å². The first-order valence-corrected chi connectivity index (χ1v) is 13.8. The maximum atomic E-state index is 13.0. The number of rotatable bonds is 7. The highest BCUT2D eigenvalue weighted by Crippen LogP contribution is 2.28. The van der Waals surface area contributed by atoms with E-state index in [2.05, 4.69) is 17.1 Å². The number of carbonyl (C=O) groups is 1. The molecule has 0 radical (unpaired) electrons. The SMILES string of the molecule is Cc1cc(C(=O)CSc2nnc(-c3cccc(S(=O)(=O)N4CCCCC4)c3)o2)c(C)c(C)c1C. The van der Waals surface area contributed by atoms with Crippen molar-refractivity contribution in [1.29, 1.82) is 0 Å². The first-order valence-electron chi connectivity index (χ1n) is 11.4. The van der Waals surface area contributed by atoms with Gasteiger partial charge in [0, 0.05) is 24.2 Å². The number of hydrogen-bond donors (Lipinski definition) is 0. The van der Waals surface area contributed by atoms with Gasteiger partial charge in [0.1, 0.15) is 0 Å². The van der Waals surface area contributed by atoms with Crippen LogP contribution in [-0.4, -0.2) is 47.5 Å². The highest BCUT2D eigenvalue weighted by molar-refractivity contribution is 7.99. The number of Topliss-reactive ketones (excluding diaryl/α,β-unsaturated/α-hetero) is 1. The van der Waals surface area contributed by atoms with Gasteiger partial charge in [-0.15, -0.1) is 10.2 Å². The summed E-state index contributed by atoms with van der Waals surface area (Å²) in [6, 6.07) is 8.51. The predicted molar refractivity (Wildman–Crippen MR) is 133 cm³/mol. The molecule has 4 rings (SSSR count). The average Bonchev–Trinajstić information content (AvgIpc) is 3.33. The zero-order valence-electron chi connectivity index (χ0n) is 19.9. The van der Waals surface area contributed by atoms with Crippen LogP contribution in [0.1, 0.15) is 51.9 Å². The average molecular weight is 500 g/mol. The number of aromatic nitrogens is 2. The van der Waals surface area contributed by atoms with E-state index >= 15 is 0 Å². The molecule has 0 amide bonds. The standard InChI is InChI=1S/C25H29N3O4S2/c1-16-13-22(19(4)18(3)17(16)2)23(29)15-33-25-27-26-24(32-25)20-9-8-10-21(14-20)34(30,31)28-11-6-5-7-12-28/h8-10,13-14H,5-7,11-12,15H2,1-4H3. The van der Waals surface area contributed by atoms with E-state index in [9.17, 15) is 13.2 Å². The molecule has 0 bridgehead atoms. The monoisotopic (exact) mass is 499 g/mol. The van der Waals surface area contributed by atoms with Crippen LogP contribution >= 0.6 is 11.8 Å². The van der Waals surface area contributed by atoms with Gasteiger partial charge in [0.15, 0.2) is 5.78 Å². The van der Waals surface area contributed by atoms with Crippen LogP contribution in [0.25, 0.3) is 11.5 Å². The van der Waals surface area contributed by atoms with E-state index in [0.717, 1.165) is 36.0 Å². The number of aryl methyl sites for hydroxylation is 1. The van der Waals surface area contributed by atoms with E-state index in [4.69, 9.17) is 4.42 Å². The summed E-state index contributed by atoms with van der Waals surface area (Å²) in [6.07, 6.45) is 2.81. The van der Waals surface area contributed by atoms with Crippen LogP contribution in [-0.2, 0) is 10.0 Å². The summed E-state index contributed by atoms with van der Waals surface area (Å²) in [5, 5.41) is 8.39. The summed E-state index contributed by atoms with van der Waals surface area (Å²) in [5.41, 5.74) is 5.66. The van der Waals surface area contributed by atoms with Gasteiger partial charge < -0.3 is 4.42 Å². The van der Waals surface area contributed by atoms with Gasteiger partial charge in [0.2, 0.25) is 15.9 Å². The van der Waals surface area contributed by atoms with Crippen molar-refractivity contribution in [3.63, 3.8) is 0 Å². The topological polar surface area (TPSA) is 93.4 Å². The van der Waals surface area contributed by atoms with Crippen LogP contribution in [0.4, 0.5) is 0 Å². The van der Waals surface area contributed by atoms with Crippen molar-refractivity contribution in [3.05, 3.63) is 58.1 Å². The Morgan fingerprint density at radius 3 is 2.47 bits per heavy atom. The van der Waals surface area contributed by atoms with Gasteiger partial charge in [-0.25, -0.2) is 8.42 Å². The molecule has 0 aliphatic carbocycles. The summed E-state index contributed by atoms with van der Waals surface area (Å²) in [5.74, 6) is 0.403. The smallest absolute Gasteiger partial charge is 0.277 e. The number of piperidine rings is 1. The van der Waals surface area contributed by atoms with Crippen molar-refractivity contribution in [2.24, 2.45) is 0 Å². The van der Waals surface area contributed by atoms with Crippen molar-refractivity contribution >= 4 is 27.6 Å². The third kappa shape index (κ3) is 4.96. The fourth-order valence-corrected chi connectivity index (χ4v) is 6.35. The Morgan fingerprint density at radius 2 is 1.74 bits per heavy atom. The lowest BCUT2D eigenvalue weighted by molar-refractivity contribution is 0.102. The van der Waals surface area contributed by atoms with E-state index in [1.807, 2.05) is 26.8 Å². The molecular weight excluding hydrogens is 470 g/mol. The number of benzene rings is 2. The summed E-state index contributed by atoms with van der Waals surface area (Å²) in [6.45, 7) is 9.16. The Bertz CT molecular complexity index is 1330. The molecule has 1 aromatic heterocycles. The van der Waals surface area contributed by atoms with Crippen molar-refractivity contribution in [2.75, 3.05) is 18.8 Å². The van der Waals surface area contributed by atoms with E-state index in [0.29, 0.717) is 24.2 Å². The molecule has 0 saturated carbocycles. The molecule has 0 atom stereocenters. The number of ketones is 1. The van der Waals surface area contributed by atoms with Gasteiger partial charge >= 0.3 is 0 Å². The summed E-state index contributed by atoms with van der Waals surface area (Å²) >= 11 is 1.18. The first-order chi connectivity index (χ1) is 16.2. The minimum absolute atomic E-state index is 0.00284. The molecule has 2 aromatic carbocycles. The second kappa shape index (κ2) is 10.0. The quantitative estimate of drug-likeness (QED) is 0.329. The van der Waals surface area contributed by atoms with Crippen molar-refractivity contribution < 1.29 is 17.6 Å². The fraction of sp³-hybridized carbons (Fsp3) is 0.400. The van der Waals surface area contributed by atoms with Crippen LogP contribution < -0.4 is 0 Å². The van der Waals surface area contributed by atoms with Crippen LogP contribution in [0.3, 0.4) is 0 Å². The Balaban J connectivity index is 1.48. The molecule has 1 fully saturated rings. The molecule has 0 N–H and O–H groups in total. The number of nitrogens with zero attached hydrogens (tertiary/aromatic N) is 3. The Hall–Kier alpha value is -2.49. The van der Waals surface area contributed by atoms with E-state index in [1.165, 1.54) is 21.6 Å². The molecule has 1 aliphatic rings. The first kappa shape index (κ1) is 24.6. The molecule has 0 spiro atoms. The second-order valence-electron chi connectivity index (χ2n) is 8.69. The molecule has 34 heavy (non-hydrogen) atoms. The van der Waals surface area contributed by atoms with Gasteiger partial charge in [-0.05, 0) is 87.1 Å². The minimum atomic E-state index is -3.56. The highest BCUT2D eigenvalue weighted by atomic mass is 32.2. The van der Waals surface area contributed by atoms with Crippen LogP contribution in [0.15, 0.2) is 44.9 Å². The van der Waals surface area contributed by atoms with Gasteiger partial charge in [0.25, 0.3) is 5.22 Å². The number of thioether (sulfide) groups is 1. The van der Waals surface area contributed by atoms with Crippen LogP contribution in [0, 0.1) is 27.7 Å². The summed E-state index contributed by atoms with van der Waals surface area (Å²) in [7, 11) is -3.56. The zero-order valence-corrected chi connectivity index (χ0v) is 21.6. The molecule has 180 valence electrons. The van der Waals surface area contributed by atoms with Crippen molar-refractivity contribution in [1.82, 2.24) is 14.5 Å². The van der Waals surface area contributed by atoms with Gasteiger partial charge in [-0.1, -0.05) is 24.2 Å². The van der Waals surface area contributed by atoms with Gasteiger partial charge in [0.05, 0.1) is 10.6 Å². The number of hydrogen-bond acceptors (Lipinski definition) is 7. The maximum Gasteiger partial charge on any atom is 0.277 e. The fourth-order valence-electron chi connectivity index (χ4n) is 4.14. The van der Waals surface area contributed by atoms with Crippen LogP contribution in [0.5, 0.6) is 0 Å². The Labute approximate surface area is 205 Å². The molecule has 7 nitrogen and oxygen atoms in total. The largest absolute Gasteiger partial charge is 0.411 e. The predicted octanol–water partition coefficient (Wildman–Crippen LogP) is 5.12. The Morgan fingerprint density at radius 1 is 1.00 bits per heavy atom. The van der Waals surface area contributed by atoms with Gasteiger partial charge in [-0.3, -0.25) is 4.79 Å². The third-order valence-corrected chi connectivity index (χ3v) is 9.26. The summed E-state index contributed by atoms with van der Waals surface area (Å²) in [4.78, 5) is 13.1. The molecule has 2 heterocycles. The second-order valence-corrected chi connectivity index (χ2v) is 11.6. The number of sulfonamides is 1. The third-order valence-electron chi connectivity index (χ3n) is 6.55. The molecule has 1 saturated heterocycles.